The summed E-state index contributed by atoms with van der Waals surface area (Å²) in [6, 6.07) is 4.89. The predicted molar refractivity (Wildman–Crippen MR) is 104 cm³/mol. The highest BCUT2D eigenvalue weighted by molar-refractivity contribution is 7.99. The standard InChI is InChI=1S/C17H22ClN5O3S/c1-3-4-7-19-16(25)21-15(24)10-27-17-20-14(22-23-17)9-26-12-5-6-13(18)11(2)8-12/h5-6,8H,3-4,7,9-10H2,1-2H3,(H,20,22,23)(H2,19,21,24,25). The number of nitrogens with zero attached hydrogens (tertiary/aromatic N) is 2. The summed E-state index contributed by atoms with van der Waals surface area (Å²) in [7, 11) is 0. The number of aryl methyl sites for hydroxylation is 1. The van der Waals surface area contributed by atoms with E-state index in [4.69, 9.17) is 16.3 Å². The molecule has 1 aromatic carbocycles. The lowest BCUT2D eigenvalue weighted by Gasteiger charge is -2.05. The van der Waals surface area contributed by atoms with Crippen LogP contribution in [0.4, 0.5) is 4.79 Å². The van der Waals surface area contributed by atoms with Crippen molar-refractivity contribution in [3.05, 3.63) is 34.6 Å². The molecule has 0 aliphatic heterocycles. The second kappa shape index (κ2) is 10.8. The third-order valence-corrected chi connectivity index (χ3v) is 4.69. The summed E-state index contributed by atoms with van der Waals surface area (Å²) in [5, 5.41) is 12.7. The minimum atomic E-state index is -0.489. The Morgan fingerprint density at radius 2 is 2.19 bits per heavy atom. The van der Waals surface area contributed by atoms with Gasteiger partial charge in [0.05, 0.1) is 5.75 Å². The number of hydrogen-bond acceptors (Lipinski definition) is 6. The number of amides is 3. The molecule has 0 saturated heterocycles. The molecular formula is C17H22ClN5O3S. The molecule has 0 atom stereocenters. The topological polar surface area (TPSA) is 109 Å². The van der Waals surface area contributed by atoms with Crippen LogP contribution in [0.15, 0.2) is 23.4 Å². The van der Waals surface area contributed by atoms with Gasteiger partial charge < -0.3 is 10.1 Å². The number of unbranched alkanes of at least 4 members (excludes halogenated alkanes) is 1. The van der Waals surface area contributed by atoms with Crippen molar-refractivity contribution < 1.29 is 14.3 Å². The summed E-state index contributed by atoms with van der Waals surface area (Å²) in [6.45, 7) is 4.67. The monoisotopic (exact) mass is 411 g/mol. The summed E-state index contributed by atoms with van der Waals surface area (Å²) in [4.78, 5) is 27.5. The lowest BCUT2D eigenvalue weighted by atomic mass is 10.2. The van der Waals surface area contributed by atoms with Crippen molar-refractivity contribution in [2.24, 2.45) is 0 Å². The minimum Gasteiger partial charge on any atom is -0.486 e. The molecule has 0 aliphatic rings. The molecule has 0 radical (unpaired) electrons. The second-order valence-corrected chi connectivity index (χ2v) is 7.06. The molecule has 2 aromatic rings. The van der Waals surface area contributed by atoms with Gasteiger partial charge in [-0.3, -0.25) is 15.2 Å². The van der Waals surface area contributed by atoms with Gasteiger partial charge in [0.15, 0.2) is 5.82 Å². The molecule has 0 saturated carbocycles. The van der Waals surface area contributed by atoms with Gasteiger partial charge in [-0.25, -0.2) is 9.78 Å². The van der Waals surface area contributed by atoms with Crippen LogP contribution in [0.5, 0.6) is 5.75 Å². The van der Waals surface area contributed by atoms with E-state index in [0.29, 0.717) is 28.3 Å². The van der Waals surface area contributed by atoms with E-state index in [2.05, 4.69) is 25.8 Å². The largest absolute Gasteiger partial charge is 0.486 e. The molecule has 0 aliphatic carbocycles. The number of imide groups is 1. The number of H-pyrrole nitrogens is 1. The third kappa shape index (κ3) is 7.48. The highest BCUT2D eigenvalue weighted by Crippen LogP contribution is 2.21. The number of carbonyl (C=O) groups is 2. The summed E-state index contributed by atoms with van der Waals surface area (Å²) in [5.41, 5.74) is 0.924. The van der Waals surface area contributed by atoms with Crippen molar-refractivity contribution in [2.75, 3.05) is 12.3 Å². The van der Waals surface area contributed by atoms with E-state index >= 15 is 0 Å². The molecule has 0 bridgehead atoms. The SMILES string of the molecule is CCCCNC(=O)NC(=O)CSc1n[nH]c(COc2ccc(Cl)c(C)c2)n1. The number of thioether (sulfide) groups is 1. The molecule has 3 amide bonds. The van der Waals surface area contributed by atoms with Gasteiger partial charge in [-0.2, -0.15) is 0 Å². The van der Waals surface area contributed by atoms with Crippen molar-refractivity contribution in [1.29, 1.82) is 0 Å². The van der Waals surface area contributed by atoms with Gasteiger partial charge in [0.2, 0.25) is 11.1 Å². The van der Waals surface area contributed by atoms with Crippen LogP contribution in [0.2, 0.25) is 5.02 Å². The Kier molecular flexibility index (Phi) is 8.41. The van der Waals surface area contributed by atoms with E-state index in [1.807, 2.05) is 19.9 Å². The maximum Gasteiger partial charge on any atom is 0.321 e. The first-order valence-electron chi connectivity index (χ1n) is 8.48. The number of halogens is 1. The molecule has 27 heavy (non-hydrogen) atoms. The normalized spacial score (nSPS) is 10.5. The van der Waals surface area contributed by atoms with Gasteiger partial charge in [0.1, 0.15) is 12.4 Å². The Hall–Kier alpha value is -2.26. The van der Waals surface area contributed by atoms with Gasteiger partial charge in [0, 0.05) is 11.6 Å². The minimum absolute atomic E-state index is 0.0374. The predicted octanol–water partition coefficient (Wildman–Crippen LogP) is 3.06. The van der Waals surface area contributed by atoms with Gasteiger partial charge in [-0.1, -0.05) is 36.7 Å². The Bertz CT molecular complexity index is 784. The first kappa shape index (κ1) is 21.0. The molecule has 146 valence electrons. The molecule has 0 spiro atoms. The van der Waals surface area contributed by atoms with Crippen LogP contribution < -0.4 is 15.4 Å². The lowest BCUT2D eigenvalue weighted by molar-refractivity contribution is -0.117. The number of benzene rings is 1. The Morgan fingerprint density at radius 1 is 1.37 bits per heavy atom. The number of rotatable bonds is 9. The number of nitrogens with one attached hydrogen (secondary N) is 3. The molecule has 10 heteroatoms. The summed E-state index contributed by atoms with van der Waals surface area (Å²) < 4.78 is 5.63. The summed E-state index contributed by atoms with van der Waals surface area (Å²) in [5.74, 6) is 0.836. The lowest BCUT2D eigenvalue weighted by Crippen LogP contribution is -2.40. The molecule has 2 rings (SSSR count). The number of aromatic nitrogens is 3. The van der Waals surface area contributed by atoms with Gasteiger partial charge in [-0.15, -0.1) is 5.10 Å². The zero-order valence-electron chi connectivity index (χ0n) is 15.2. The fourth-order valence-corrected chi connectivity index (χ4v) is 2.72. The number of aromatic amines is 1. The van der Waals surface area contributed by atoms with Crippen molar-refractivity contribution in [1.82, 2.24) is 25.8 Å². The maximum absolute atomic E-state index is 11.7. The fraction of sp³-hybridized carbons (Fsp3) is 0.412. The Morgan fingerprint density at radius 3 is 2.93 bits per heavy atom. The summed E-state index contributed by atoms with van der Waals surface area (Å²) in [6.07, 6.45) is 1.84. The quantitative estimate of drug-likeness (QED) is 0.432. The van der Waals surface area contributed by atoms with Crippen LogP contribution in [0.3, 0.4) is 0 Å². The highest BCUT2D eigenvalue weighted by Gasteiger charge is 2.11. The van der Waals surface area contributed by atoms with Crippen molar-refractivity contribution in [3.63, 3.8) is 0 Å². The Labute approximate surface area is 166 Å². The first-order valence-corrected chi connectivity index (χ1v) is 9.85. The summed E-state index contributed by atoms with van der Waals surface area (Å²) >= 11 is 7.11. The fourth-order valence-electron chi connectivity index (χ4n) is 1.98. The number of ether oxygens (including phenoxy) is 1. The maximum atomic E-state index is 11.7. The number of hydrogen-bond donors (Lipinski definition) is 3. The molecule has 0 unspecified atom stereocenters. The van der Waals surface area contributed by atoms with Gasteiger partial charge in [-0.05, 0) is 37.1 Å². The van der Waals surface area contributed by atoms with E-state index in [1.165, 1.54) is 0 Å². The smallest absolute Gasteiger partial charge is 0.321 e. The van der Waals surface area contributed by atoms with E-state index in [1.54, 1.807) is 12.1 Å². The zero-order chi connectivity index (χ0) is 19.6. The molecule has 0 fully saturated rings. The first-order chi connectivity index (χ1) is 13.0. The Balaban J connectivity index is 1.72. The van der Waals surface area contributed by atoms with Crippen LogP contribution >= 0.6 is 23.4 Å². The molecular weight excluding hydrogens is 390 g/mol. The van der Waals surface area contributed by atoms with E-state index in [-0.39, 0.29) is 12.4 Å². The average molecular weight is 412 g/mol. The molecule has 3 N–H and O–H groups in total. The molecule has 8 nitrogen and oxygen atoms in total. The van der Waals surface area contributed by atoms with E-state index in [9.17, 15) is 9.59 Å². The van der Waals surface area contributed by atoms with Crippen LogP contribution in [0.25, 0.3) is 0 Å². The third-order valence-electron chi connectivity index (χ3n) is 3.42. The zero-order valence-corrected chi connectivity index (χ0v) is 16.7. The van der Waals surface area contributed by atoms with Crippen LogP contribution in [-0.2, 0) is 11.4 Å². The van der Waals surface area contributed by atoms with E-state index < -0.39 is 11.9 Å². The van der Waals surface area contributed by atoms with Gasteiger partial charge >= 0.3 is 6.03 Å². The van der Waals surface area contributed by atoms with Crippen molar-refractivity contribution >= 4 is 35.3 Å². The molecule has 1 heterocycles. The molecule has 1 aromatic heterocycles. The second-order valence-electron chi connectivity index (χ2n) is 5.71. The van der Waals surface area contributed by atoms with Crippen molar-refractivity contribution in [3.8, 4) is 5.75 Å². The number of carbonyl (C=O) groups excluding carboxylic acids is 2. The number of urea groups is 1. The van der Waals surface area contributed by atoms with Crippen LogP contribution in [0.1, 0.15) is 31.2 Å². The average Bonchev–Trinajstić information content (AvgIpc) is 3.09. The van der Waals surface area contributed by atoms with Gasteiger partial charge in [0.25, 0.3) is 0 Å². The van der Waals surface area contributed by atoms with E-state index in [0.717, 1.165) is 30.2 Å². The van der Waals surface area contributed by atoms with Crippen LogP contribution in [0, 0.1) is 6.92 Å². The van der Waals surface area contributed by atoms with Crippen molar-refractivity contribution in [2.45, 2.75) is 38.5 Å². The van der Waals surface area contributed by atoms with Crippen LogP contribution in [-0.4, -0.2) is 39.4 Å². The highest BCUT2D eigenvalue weighted by atomic mass is 35.5.